The number of amides is 1. The molecule has 0 aromatic heterocycles. The van der Waals surface area contributed by atoms with E-state index in [1.54, 1.807) is 25.6 Å². The van der Waals surface area contributed by atoms with Gasteiger partial charge in [-0.2, -0.15) is 11.8 Å². The lowest BCUT2D eigenvalue weighted by molar-refractivity contribution is -0.150. The fourth-order valence-corrected chi connectivity index (χ4v) is 1.81. The number of rotatable bonds is 6. The molecule has 0 aromatic carbocycles. The van der Waals surface area contributed by atoms with E-state index in [4.69, 9.17) is 4.74 Å². The van der Waals surface area contributed by atoms with Gasteiger partial charge in [0.15, 0.2) is 0 Å². The van der Waals surface area contributed by atoms with E-state index in [1.807, 2.05) is 13.8 Å². The van der Waals surface area contributed by atoms with Crippen molar-refractivity contribution in [3.63, 3.8) is 0 Å². The van der Waals surface area contributed by atoms with Gasteiger partial charge < -0.3 is 10.1 Å². The summed E-state index contributed by atoms with van der Waals surface area (Å²) in [6, 6.07) is -0.549. The summed E-state index contributed by atoms with van der Waals surface area (Å²) in [5.74, 6) is -0.0311. The second-order valence-electron chi connectivity index (χ2n) is 4.12. The molecule has 0 saturated heterocycles. The molecule has 0 aliphatic heterocycles. The number of thioether (sulfide) groups is 1. The Bertz CT molecular complexity index is 241. The highest BCUT2D eigenvalue weighted by molar-refractivity contribution is 7.99. The van der Waals surface area contributed by atoms with Crippen LogP contribution in [0, 0.1) is 0 Å². The lowest BCUT2D eigenvalue weighted by Gasteiger charge is -2.18. The molecule has 4 nitrogen and oxygen atoms in total. The predicted octanol–water partition coefficient (Wildman–Crippen LogP) is 1.58. The Morgan fingerprint density at radius 2 is 1.81 bits per heavy atom. The molecule has 0 unspecified atom stereocenters. The Labute approximate surface area is 101 Å². The van der Waals surface area contributed by atoms with Crippen LogP contribution >= 0.6 is 11.8 Å². The molecular formula is C11H21NO3S. The number of ether oxygens (including phenoxy) is 1. The minimum atomic E-state index is -0.549. The van der Waals surface area contributed by atoms with Crippen LogP contribution in [0.2, 0.25) is 0 Å². The second-order valence-corrected chi connectivity index (χ2v) is 5.73. The summed E-state index contributed by atoms with van der Waals surface area (Å²) in [6.07, 6.45) is -0.159. The van der Waals surface area contributed by atoms with Gasteiger partial charge in [-0.25, -0.2) is 4.79 Å². The van der Waals surface area contributed by atoms with Crippen molar-refractivity contribution in [3.05, 3.63) is 0 Å². The van der Waals surface area contributed by atoms with E-state index in [0.29, 0.717) is 11.0 Å². The topological polar surface area (TPSA) is 55.4 Å². The van der Waals surface area contributed by atoms with Crippen LogP contribution in [0.15, 0.2) is 0 Å². The van der Waals surface area contributed by atoms with Crippen molar-refractivity contribution in [2.24, 2.45) is 0 Å². The molecule has 0 aliphatic carbocycles. The Morgan fingerprint density at radius 3 is 2.19 bits per heavy atom. The lowest BCUT2D eigenvalue weighted by atomic mass is 10.3. The third-order valence-corrected chi connectivity index (χ3v) is 2.80. The van der Waals surface area contributed by atoms with Crippen LogP contribution in [0.5, 0.6) is 0 Å². The Hall–Kier alpha value is -0.710. The fraction of sp³-hybridized carbons (Fsp3) is 0.818. The van der Waals surface area contributed by atoms with Gasteiger partial charge in [-0.05, 0) is 19.1 Å². The summed E-state index contributed by atoms with van der Waals surface area (Å²) in [4.78, 5) is 22.6. The van der Waals surface area contributed by atoms with Crippen molar-refractivity contribution in [3.8, 4) is 0 Å². The molecular weight excluding hydrogens is 226 g/mol. The van der Waals surface area contributed by atoms with E-state index >= 15 is 0 Å². The zero-order valence-electron chi connectivity index (χ0n) is 10.6. The number of carbonyl (C=O) groups excluding carboxylic acids is 2. The van der Waals surface area contributed by atoms with Gasteiger partial charge in [-0.3, -0.25) is 4.79 Å². The van der Waals surface area contributed by atoms with Crippen molar-refractivity contribution in [2.75, 3.05) is 5.75 Å². The molecule has 1 N–H and O–H groups in total. The predicted molar refractivity (Wildman–Crippen MR) is 66.4 cm³/mol. The Kier molecular flexibility index (Phi) is 7.21. The standard InChI is InChI=1S/C11H21NO3S/c1-7(2)15-11(14)10(12-9(5)13)6-16-8(3)4/h7-8,10H,6H2,1-5H3,(H,12,13)/t10-/m0/s1. The molecule has 1 atom stereocenters. The molecule has 0 radical (unpaired) electrons. The number of esters is 1. The maximum Gasteiger partial charge on any atom is 0.329 e. The summed E-state index contributed by atoms with van der Waals surface area (Å²) >= 11 is 1.62. The summed E-state index contributed by atoms with van der Waals surface area (Å²) < 4.78 is 5.08. The van der Waals surface area contributed by atoms with E-state index in [1.165, 1.54) is 6.92 Å². The van der Waals surface area contributed by atoms with E-state index in [0.717, 1.165) is 0 Å². The van der Waals surface area contributed by atoms with Gasteiger partial charge in [0.2, 0.25) is 5.91 Å². The van der Waals surface area contributed by atoms with Gasteiger partial charge >= 0.3 is 5.97 Å². The minimum Gasteiger partial charge on any atom is -0.461 e. The van der Waals surface area contributed by atoms with Crippen LogP contribution in [0.4, 0.5) is 0 Å². The van der Waals surface area contributed by atoms with Crippen molar-refractivity contribution in [1.29, 1.82) is 0 Å². The molecule has 1 amide bonds. The molecule has 0 saturated carbocycles. The first-order valence-electron chi connectivity index (χ1n) is 5.42. The van der Waals surface area contributed by atoms with Gasteiger partial charge in [0.1, 0.15) is 6.04 Å². The summed E-state index contributed by atoms with van der Waals surface area (Å²) in [6.45, 7) is 9.07. The van der Waals surface area contributed by atoms with Crippen molar-refractivity contribution in [2.45, 2.75) is 52.0 Å². The number of nitrogens with one attached hydrogen (secondary N) is 1. The first-order chi connectivity index (χ1) is 7.32. The normalized spacial score (nSPS) is 12.7. The average Bonchev–Trinajstić information content (AvgIpc) is 2.09. The average molecular weight is 247 g/mol. The molecule has 0 rings (SSSR count). The van der Waals surface area contributed by atoms with Crippen molar-refractivity contribution in [1.82, 2.24) is 5.32 Å². The van der Waals surface area contributed by atoms with Gasteiger partial charge in [-0.15, -0.1) is 0 Å². The van der Waals surface area contributed by atoms with Gasteiger partial charge in [-0.1, -0.05) is 13.8 Å². The third kappa shape index (κ3) is 7.56. The monoisotopic (exact) mass is 247 g/mol. The number of carbonyl (C=O) groups is 2. The maximum absolute atomic E-state index is 11.7. The van der Waals surface area contributed by atoms with E-state index < -0.39 is 6.04 Å². The SMILES string of the molecule is CC(=O)N[C@@H](CSC(C)C)C(=O)OC(C)C. The first-order valence-corrected chi connectivity index (χ1v) is 6.47. The lowest BCUT2D eigenvalue weighted by Crippen LogP contribution is -2.43. The van der Waals surface area contributed by atoms with Crippen LogP contribution in [0.3, 0.4) is 0 Å². The van der Waals surface area contributed by atoms with Crippen LogP contribution in [-0.4, -0.2) is 35.0 Å². The summed E-state index contributed by atoms with van der Waals surface area (Å²) in [5.41, 5.74) is 0. The van der Waals surface area contributed by atoms with Gasteiger partial charge in [0.25, 0.3) is 0 Å². The highest BCUT2D eigenvalue weighted by Crippen LogP contribution is 2.11. The minimum absolute atomic E-state index is 0.159. The van der Waals surface area contributed by atoms with E-state index in [9.17, 15) is 9.59 Å². The largest absolute Gasteiger partial charge is 0.461 e. The van der Waals surface area contributed by atoms with Gasteiger partial charge in [0.05, 0.1) is 6.10 Å². The zero-order valence-corrected chi connectivity index (χ0v) is 11.4. The first kappa shape index (κ1) is 15.3. The Morgan fingerprint density at radius 1 is 1.25 bits per heavy atom. The third-order valence-electron chi connectivity index (χ3n) is 1.61. The van der Waals surface area contributed by atoms with Crippen LogP contribution in [-0.2, 0) is 14.3 Å². The molecule has 16 heavy (non-hydrogen) atoms. The molecule has 0 fully saturated rings. The summed E-state index contributed by atoms with van der Waals surface area (Å²) in [7, 11) is 0. The molecule has 0 aromatic rings. The fourth-order valence-electron chi connectivity index (χ4n) is 1.02. The molecule has 0 spiro atoms. The molecule has 94 valence electrons. The van der Waals surface area contributed by atoms with E-state index in [2.05, 4.69) is 5.32 Å². The summed E-state index contributed by atoms with van der Waals surface area (Å²) in [5, 5.41) is 3.03. The highest BCUT2D eigenvalue weighted by Gasteiger charge is 2.22. The highest BCUT2D eigenvalue weighted by atomic mass is 32.2. The quantitative estimate of drug-likeness (QED) is 0.724. The van der Waals surface area contributed by atoms with Crippen LogP contribution in [0.25, 0.3) is 0 Å². The second kappa shape index (κ2) is 7.54. The van der Waals surface area contributed by atoms with Gasteiger partial charge in [0, 0.05) is 12.7 Å². The number of hydrogen-bond acceptors (Lipinski definition) is 4. The molecule has 0 bridgehead atoms. The maximum atomic E-state index is 11.7. The van der Waals surface area contributed by atoms with E-state index in [-0.39, 0.29) is 18.0 Å². The Balaban J connectivity index is 4.29. The molecule has 0 aliphatic rings. The van der Waals surface area contributed by atoms with Crippen molar-refractivity contribution >= 4 is 23.6 Å². The molecule has 5 heteroatoms. The van der Waals surface area contributed by atoms with Crippen LogP contribution in [0.1, 0.15) is 34.6 Å². The zero-order chi connectivity index (χ0) is 12.7. The van der Waals surface area contributed by atoms with Crippen LogP contribution < -0.4 is 5.32 Å². The number of hydrogen-bond donors (Lipinski definition) is 1. The molecule has 0 heterocycles. The smallest absolute Gasteiger partial charge is 0.329 e. The van der Waals surface area contributed by atoms with Crippen molar-refractivity contribution < 1.29 is 14.3 Å².